The minimum absolute atomic E-state index is 0.137. The third kappa shape index (κ3) is 1.30. The molecule has 3 nitrogen and oxygen atoms in total. The number of hydrogen-bond donors (Lipinski definition) is 2. The summed E-state index contributed by atoms with van der Waals surface area (Å²) in [6, 6.07) is 0.388. The van der Waals surface area contributed by atoms with Crippen LogP contribution in [0.25, 0.3) is 0 Å². The minimum Gasteiger partial charge on any atom is -0.391 e. The van der Waals surface area contributed by atoms with Crippen LogP contribution < -0.4 is 5.73 Å². The second-order valence-corrected chi connectivity index (χ2v) is 5.45. The number of aliphatic hydroxyl groups excluding tert-OH is 1. The molecule has 3 heteroatoms. The van der Waals surface area contributed by atoms with E-state index in [1.165, 1.54) is 0 Å². The first kappa shape index (κ1) is 9.44. The van der Waals surface area contributed by atoms with Gasteiger partial charge in [-0.1, -0.05) is 0 Å². The zero-order chi connectivity index (χ0) is 9.80. The van der Waals surface area contributed by atoms with Gasteiger partial charge >= 0.3 is 0 Å². The fourth-order valence-corrected chi connectivity index (χ4v) is 2.85. The molecule has 1 saturated carbocycles. The largest absolute Gasteiger partial charge is 0.391 e. The van der Waals surface area contributed by atoms with Gasteiger partial charge in [0.1, 0.15) is 0 Å². The van der Waals surface area contributed by atoms with Gasteiger partial charge in [-0.15, -0.1) is 0 Å². The lowest BCUT2D eigenvalue weighted by atomic mass is 10.00. The average Bonchev–Trinajstić information content (AvgIpc) is 2.40. The lowest BCUT2D eigenvalue weighted by Gasteiger charge is -2.40. The Kier molecular flexibility index (Phi) is 1.95. The summed E-state index contributed by atoms with van der Waals surface area (Å²) in [5, 5.41) is 9.80. The Labute approximate surface area is 79.9 Å². The standard InChI is InChI=1S/C10H20N2O/c1-10(2,3)12-5-6-4-7(13)9(12)8(6)11/h6-9,13H,4-5,11H2,1-3H3. The second kappa shape index (κ2) is 2.69. The predicted octanol–water partition coefficient (Wildman–Crippen LogP) is 0.177. The molecule has 0 radical (unpaired) electrons. The van der Waals surface area contributed by atoms with E-state index in [-0.39, 0.29) is 23.7 Å². The van der Waals surface area contributed by atoms with Crippen LogP contribution in [0.2, 0.25) is 0 Å². The summed E-state index contributed by atoms with van der Waals surface area (Å²) < 4.78 is 0. The molecule has 4 atom stereocenters. The topological polar surface area (TPSA) is 49.5 Å². The van der Waals surface area contributed by atoms with Crippen molar-refractivity contribution in [1.82, 2.24) is 4.90 Å². The van der Waals surface area contributed by atoms with Crippen molar-refractivity contribution < 1.29 is 5.11 Å². The summed E-state index contributed by atoms with van der Waals surface area (Å²) in [6.45, 7) is 7.62. The van der Waals surface area contributed by atoms with Crippen molar-refractivity contribution in [3.8, 4) is 0 Å². The second-order valence-electron chi connectivity index (χ2n) is 5.45. The van der Waals surface area contributed by atoms with E-state index in [9.17, 15) is 5.11 Å². The lowest BCUT2D eigenvalue weighted by molar-refractivity contribution is 0.00664. The highest BCUT2D eigenvalue weighted by molar-refractivity contribution is 5.09. The van der Waals surface area contributed by atoms with Gasteiger partial charge in [-0.05, 0) is 33.1 Å². The van der Waals surface area contributed by atoms with Crippen molar-refractivity contribution in [3.05, 3.63) is 0 Å². The monoisotopic (exact) mass is 184 g/mol. The molecular weight excluding hydrogens is 164 g/mol. The maximum atomic E-state index is 9.80. The van der Waals surface area contributed by atoms with Crippen LogP contribution in [0.5, 0.6) is 0 Å². The molecule has 1 saturated heterocycles. The van der Waals surface area contributed by atoms with E-state index in [2.05, 4.69) is 25.7 Å². The summed E-state index contributed by atoms with van der Waals surface area (Å²) in [7, 11) is 0. The smallest absolute Gasteiger partial charge is 0.0714 e. The molecule has 2 fully saturated rings. The van der Waals surface area contributed by atoms with Gasteiger partial charge in [-0.3, -0.25) is 4.90 Å². The van der Waals surface area contributed by atoms with Gasteiger partial charge < -0.3 is 10.8 Å². The first-order chi connectivity index (χ1) is 5.91. The number of piperidine rings is 1. The molecule has 3 N–H and O–H groups in total. The first-order valence-corrected chi connectivity index (χ1v) is 5.11. The Bertz CT molecular complexity index is 211. The van der Waals surface area contributed by atoms with E-state index in [1.54, 1.807) is 0 Å². The summed E-state index contributed by atoms with van der Waals surface area (Å²) >= 11 is 0. The van der Waals surface area contributed by atoms with Crippen molar-refractivity contribution in [3.63, 3.8) is 0 Å². The molecule has 2 rings (SSSR count). The Morgan fingerprint density at radius 3 is 2.31 bits per heavy atom. The highest BCUT2D eigenvalue weighted by atomic mass is 16.3. The molecule has 76 valence electrons. The number of aliphatic hydroxyl groups is 1. The van der Waals surface area contributed by atoms with Gasteiger partial charge in [0.25, 0.3) is 0 Å². The molecule has 0 aromatic heterocycles. The van der Waals surface area contributed by atoms with Crippen LogP contribution in [0.4, 0.5) is 0 Å². The number of hydrogen-bond acceptors (Lipinski definition) is 3. The molecule has 2 bridgehead atoms. The summed E-state index contributed by atoms with van der Waals surface area (Å²) in [4.78, 5) is 2.36. The van der Waals surface area contributed by atoms with Crippen LogP contribution in [-0.2, 0) is 0 Å². The third-order valence-corrected chi connectivity index (χ3v) is 3.53. The molecule has 4 unspecified atom stereocenters. The SMILES string of the molecule is CC(C)(C)N1CC2CC(O)C1C2N. The first-order valence-electron chi connectivity index (χ1n) is 5.11. The number of rotatable bonds is 0. The van der Waals surface area contributed by atoms with Gasteiger partial charge in [-0.25, -0.2) is 0 Å². The predicted molar refractivity (Wildman–Crippen MR) is 52.3 cm³/mol. The normalized spacial score (nSPS) is 45.9. The van der Waals surface area contributed by atoms with Crippen LogP contribution in [0.15, 0.2) is 0 Å². The lowest BCUT2D eigenvalue weighted by Crippen LogP contribution is -2.53. The van der Waals surface area contributed by atoms with Gasteiger partial charge in [0.05, 0.1) is 12.1 Å². The van der Waals surface area contributed by atoms with Crippen LogP contribution in [-0.4, -0.2) is 40.3 Å². The zero-order valence-electron chi connectivity index (χ0n) is 8.70. The van der Waals surface area contributed by atoms with Crippen molar-refractivity contribution >= 4 is 0 Å². The number of nitrogens with zero attached hydrogens (tertiary/aromatic N) is 1. The van der Waals surface area contributed by atoms with E-state index in [4.69, 9.17) is 5.73 Å². The zero-order valence-corrected chi connectivity index (χ0v) is 8.70. The molecule has 0 aromatic rings. The van der Waals surface area contributed by atoms with E-state index in [0.29, 0.717) is 5.92 Å². The highest BCUT2D eigenvalue weighted by Crippen LogP contribution is 2.40. The minimum atomic E-state index is -0.201. The summed E-state index contributed by atoms with van der Waals surface area (Å²) in [5.41, 5.74) is 6.20. The maximum Gasteiger partial charge on any atom is 0.0714 e. The Morgan fingerprint density at radius 2 is 2.00 bits per heavy atom. The van der Waals surface area contributed by atoms with Gasteiger partial charge in [0.15, 0.2) is 0 Å². The molecule has 0 amide bonds. The van der Waals surface area contributed by atoms with Crippen molar-refractivity contribution in [2.75, 3.05) is 6.54 Å². The molecule has 0 aromatic carbocycles. The molecule has 1 aliphatic carbocycles. The molecule has 1 aliphatic heterocycles. The molecule has 1 heterocycles. The Hall–Kier alpha value is -0.120. The van der Waals surface area contributed by atoms with E-state index in [1.807, 2.05) is 0 Å². The van der Waals surface area contributed by atoms with Crippen LogP contribution >= 0.6 is 0 Å². The van der Waals surface area contributed by atoms with Gasteiger partial charge in [0, 0.05) is 18.1 Å². The van der Waals surface area contributed by atoms with E-state index < -0.39 is 0 Å². The molecule has 0 spiro atoms. The maximum absolute atomic E-state index is 9.80. The Morgan fingerprint density at radius 1 is 1.38 bits per heavy atom. The van der Waals surface area contributed by atoms with Gasteiger partial charge in [-0.2, -0.15) is 0 Å². The number of nitrogens with two attached hydrogens (primary N) is 1. The highest BCUT2D eigenvalue weighted by Gasteiger charge is 2.52. The molecule has 13 heavy (non-hydrogen) atoms. The quantitative estimate of drug-likeness (QED) is 0.564. The molecule has 2 aliphatic rings. The van der Waals surface area contributed by atoms with Crippen LogP contribution in [0, 0.1) is 5.92 Å². The van der Waals surface area contributed by atoms with Crippen molar-refractivity contribution in [2.24, 2.45) is 11.7 Å². The third-order valence-electron chi connectivity index (χ3n) is 3.53. The summed E-state index contributed by atoms with van der Waals surface area (Å²) in [6.07, 6.45) is 0.700. The van der Waals surface area contributed by atoms with Crippen molar-refractivity contribution in [2.45, 2.75) is 50.9 Å². The van der Waals surface area contributed by atoms with Crippen LogP contribution in [0.1, 0.15) is 27.2 Å². The van der Waals surface area contributed by atoms with Crippen molar-refractivity contribution in [1.29, 1.82) is 0 Å². The molecular formula is C10H20N2O. The Balaban J connectivity index is 2.19. The van der Waals surface area contributed by atoms with E-state index in [0.717, 1.165) is 13.0 Å². The number of fused-ring (bicyclic) bond motifs is 2. The average molecular weight is 184 g/mol. The van der Waals surface area contributed by atoms with E-state index >= 15 is 0 Å². The fraction of sp³-hybridized carbons (Fsp3) is 1.00. The summed E-state index contributed by atoms with van der Waals surface area (Å²) in [5.74, 6) is 0.513. The van der Waals surface area contributed by atoms with Crippen LogP contribution in [0.3, 0.4) is 0 Å². The fourth-order valence-electron chi connectivity index (χ4n) is 2.85. The van der Waals surface area contributed by atoms with Gasteiger partial charge in [0.2, 0.25) is 0 Å². The number of likely N-dealkylation sites (tertiary alicyclic amines) is 1.